The van der Waals surface area contributed by atoms with Gasteiger partial charge in [0, 0.05) is 10.9 Å². The second kappa shape index (κ2) is 5.46. The van der Waals surface area contributed by atoms with Crippen molar-refractivity contribution < 1.29 is 14.2 Å². The van der Waals surface area contributed by atoms with Crippen LogP contribution < -0.4 is 0 Å². The van der Waals surface area contributed by atoms with Gasteiger partial charge in [0.05, 0.1) is 18.3 Å². The molecule has 1 aliphatic rings. The molecule has 3 atom stereocenters. The Morgan fingerprint density at radius 1 is 1.47 bits per heavy atom. The minimum atomic E-state index is -0.561. The molecular formula is C13H16BrFO2. The average Bonchev–Trinajstić information content (AvgIpc) is 2.63. The molecule has 0 bridgehead atoms. The molecule has 2 rings (SSSR count). The summed E-state index contributed by atoms with van der Waals surface area (Å²) in [5, 5.41) is 10.0. The van der Waals surface area contributed by atoms with E-state index >= 15 is 0 Å². The molecule has 0 aromatic heterocycles. The fourth-order valence-electron chi connectivity index (χ4n) is 2.22. The molecule has 94 valence electrons. The van der Waals surface area contributed by atoms with E-state index < -0.39 is 6.10 Å². The van der Waals surface area contributed by atoms with Crippen LogP contribution in [0.25, 0.3) is 0 Å². The minimum Gasteiger partial charge on any atom is -0.390 e. The Morgan fingerprint density at radius 3 is 2.82 bits per heavy atom. The van der Waals surface area contributed by atoms with Crippen LogP contribution >= 0.6 is 15.9 Å². The molecule has 1 aliphatic heterocycles. The van der Waals surface area contributed by atoms with Crippen molar-refractivity contribution in [3.8, 4) is 0 Å². The van der Waals surface area contributed by atoms with Crippen LogP contribution in [0.15, 0.2) is 22.7 Å². The van der Waals surface area contributed by atoms with Crippen LogP contribution in [-0.4, -0.2) is 23.4 Å². The Morgan fingerprint density at radius 2 is 2.24 bits per heavy atom. The lowest BCUT2D eigenvalue weighted by Gasteiger charge is -2.18. The van der Waals surface area contributed by atoms with E-state index in [1.165, 1.54) is 12.1 Å². The Balaban J connectivity index is 2.00. The first-order chi connectivity index (χ1) is 8.04. The van der Waals surface area contributed by atoms with E-state index in [4.69, 9.17) is 4.74 Å². The maximum atomic E-state index is 13.2. The van der Waals surface area contributed by atoms with Crippen molar-refractivity contribution in [1.82, 2.24) is 0 Å². The van der Waals surface area contributed by atoms with Crippen LogP contribution in [0.2, 0.25) is 0 Å². The van der Waals surface area contributed by atoms with Crippen molar-refractivity contribution in [2.45, 2.75) is 44.5 Å². The molecule has 0 saturated carbocycles. The van der Waals surface area contributed by atoms with Crippen molar-refractivity contribution in [3.63, 3.8) is 0 Å². The zero-order valence-corrected chi connectivity index (χ0v) is 11.3. The van der Waals surface area contributed by atoms with Crippen LogP contribution in [0.4, 0.5) is 4.39 Å². The van der Waals surface area contributed by atoms with E-state index in [9.17, 15) is 9.50 Å². The number of ether oxygens (including phenoxy) is 1. The zero-order chi connectivity index (χ0) is 12.4. The normalized spacial score (nSPS) is 26.1. The second-order valence-corrected chi connectivity index (χ2v) is 5.53. The van der Waals surface area contributed by atoms with Crippen molar-refractivity contribution in [2.24, 2.45) is 0 Å². The third-order valence-electron chi connectivity index (χ3n) is 3.06. The van der Waals surface area contributed by atoms with Gasteiger partial charge < -0.3 is 9.84 Å². The number of halogens is 2. The van der Waals surface area contributed by atoms with E-state index in [0.29, 0.717) is 10.9 Å². The lowest BCUT2D eigenvalue weighted by Crippen LogP contribution is -2.28. The molecule has 4 heteroatoms. The first-order valence-corrected chi connectivity index (χ1v) is 6.62. The first-order valence-electron chi connectivity index (χ1n) is 5.83. The molecule has 0 radical (unpaired) electrons. The molecule has 2 nitrogen and oxygen atoms in total. The highest BCUT2D eigenvalue weighted by atomic mass is 79.9. The summed E-state index contributed by atoms with van der Waals surface area (Å²) in [5.74, 6) is -0.290. The van der Waals surface area contributed by atoms with Crippen molar-refractivity contribution >= 4 is 15.9 Å². The third-order valence-corrected chi connectivity index (χ3v) is 3.52. The summed E-state index contributed by atoms with van der Waals surface area (Å²) in [6, 6.07) is 4.68. The van der Waals surface area contributed by atoms with Gasteiger partial charge in [0.1, 0.15) is 5.82 Å². The standard InChI is InChI=1S/C13H16BrFO2/c1-8-2-3-13(17-8)12(16)6-9-4-10(14)7-11(15)5-9/h4-5,7-8,12-13,16H,2-3,6H2,1H3. The molecular weight excluding hydrogens is 287 g/mol. The molecule has 17 heavy (non-hydrogen) atoms. The summed E-state index contributed by atoms with van der Waals surface area (Å²) >= 11 is 3.24. The average molecular weight is 303 g/mol. The highest BCUT2D eigenvalue weighted by molar-refractivity contribution is 9.10. The zero-order valence-electron chi connectivity index (χ0n) is 9.70. The number of aliphatic hydroxyl groups excluding tert-OH is 1. The van der Waals surface area contributed by atoms with Crippen molar-refractivity contribution in [3.05, 3.63) is 34.1 Å². The van der Waals surface area contributed by atoms with Gasteiger partial charge in [-0.25, -0.2) is 4.39 Å². The number of hydrogen-bond acceptors (Lipinski definition) is 2. The summed E-state index contributed by atoms with van der Waals surface area (Å²) in [5.41, 5.74) is 0.785. The van der Waals surface area contributed by atoms with Gasteiger partial charge in [-0.2, -0.15) is 0 Å². The number of benzene rings is 1. The van der Waals surface area contributed by atoms with Gasteiger partial charge >= 0.3 is 0 Å². The highest BCUT2D eigenvalue weighted by Crippen LogP contribution is 2.24. The molecule has 1 fully saturated rings. The Hall–Kier alpha value is -0.450. The van der Waals surface area contributed by atoms with Gasteiger partial charge in [-0.1, -0.05) is 15.9 Å². The largest absolute Gasteiger partial charge is 0.390 e. The summed E-state index contributed by atoms with van der Waals surface area (Å²) in [6.45, 7) is 2.01. The van der Waals surface area contributed by atoms with E-state index in [2.05, 4.69) is 15.9 Å². The number of hydrogen-bond donors (Lipinski definition) is 1. The monoisotopic (exact) mass is 302 g/mol. The molecule has 1 heterocycles. The quantitative estimate of drug-likeness (QED) is 0.930. The molecule has 3 unspecified atom stereocenters. The van der Waals surface area contributed by atoms with E-state index in [1.807, 2.05) is 13.0 Å². The Kier molecular flexibility index (Phi) is 4.17. The van der Waals surface area contributed by atoms with E-state index in [-0.39, 0.29) is 18.0 Å². The summed E-state index contributed by atoms with van der Waals surface area (Å²) in [6.07, 6.45) is 1.82. The maximum absolute atomic E-state index is 13.2. The second-order valence-electron chi connectivity index (χ2n) is 4.61. The third kappa shape index (κ3) is 3.50. The van der Waals surface area contributed by atoms with Crippen molar-refractivity contribution in [1.29, 1.82) is 0 Å². The minimum absolute atomic E-state index is 0.118. The van der Waals surface area contributed by atoms with E-state index in [1.54, 1.807) is 0 Å². The fourth-order valence-corrected chi connectivity index (χ4v) is 2.73. The van der Waals surface area contributed by atoms with Gasteiger partial charge in [-0.05, 0) is 43.5 Å². The highest BCUT2D eigenvalue weighted by Gasteiger charge is 2.28. The molecule has 0 spiro atoms. The van der Waals surface area contributed by atoms with Gasteiger partial charge in [-0.3, -0.25) is 0 Å². The first kappa shape index (κ1) is 13.0. The lowest BCUT2D eigenvalue weighted by molar-refractivity contribution is -0.0278. The molecule has 1 N–H and O–H groups in total. The molecule has 1 aromatic rings. The van der Waals surface area contributed by atoms with Gasteiger partial charge in [0.25, 0.3) is 0 Å². The lowest BCUT2D eigenvalue weighted by atomic mass is 10.0. The van der Waals surface area contributed by atoms with Crippen LogP contribution in [0.5, 0.6) is 0 Å². The predicted molar refractivity (Wildman–Crippen MR) is 67.4 cm³/mol. The predicted octanol–water partition coefficient (Wildman–Crippen LogP) is 3.06. The van der Waals surface area contributed by atoms with Gasteiger partial charge in [-0.15, -0.1) is 0 Å². The van der Waals surface area contributed by atoms with Gasteiger partial charge in [0.2, 0.25) is 0 Å². The molecule has 1 aromatic carbocycles. The maximum Gasteiger partial charge on any atom is 0.124 e. The molecule has 0 amide bonds. The van der Waals surface area contributed by atoms with Crippen LogP contribution in [0.1, 0.15) is 25.3 Å². The summed E-state index contributed by atoms with van der Waals surface area (Å²) < 4.78 is 19.5. The molecule has 0 aliphatic carbocycles. The van der Waals surface area contributed by atoms with Crippen LogP contribution in [0.3, 0.4) is 0 Å². The summed E-state index contributed by atoms with van der Waals surface area (Å²) in [7, 11) is 0. The summed E-state index contributed by atoms with van der Waals surface area (Å²) in [4.78, 5) is 0. The Labute approximate surface area is 109 Å². The smallest absolute Gasteiger partial charge is 0.124 e. The topological polar surface area (TPSA) is 29.5 Å². The Bertz CT molecular complexity index is 377. The van der Waals surface area contributed by atoms with E-state index in [0.717, 1.165) is 18.4 Å². The SMILES string of the molecule is CC1CCC(C(O)Cc2cc(F)cc(Br)c2)O1. The number of aliphatic hydroxyl groups is 1. The van der Waals surface area contributed by atoms with Crippen molar-refractivity contribution in [2.75, 3.05) is 0 Å². The molecule has 1 saturated heterocycles. The number of rotatable bonds is 3. The van der Waals surface area contributed by atoms with Gasteiger partial charge in [0.15, 0.2) is 0 Å². The van der Waals surface area contributed by atoms with Crippen LogP contribution in [0, 0.1) is 5.82 Å². The van der Waals surface area contributed by atoms with Crippen LogP contribution in [-0.2, 0) is 11.2 Å². The fraction of sp³-hybridized carbons (Fsp3) is 0.538.